The van der Waals surface area contributed by atoms with Crippen molar-refractivity contribution in [3.63, 3.8) is 0 Å². The Morgan fingerprint density at radius 3 is 0.900 bits per heavy atom. The maximum atomic E-state index is 2.57. The van der Waals surface area contributed by atoms with Crippen molar-refractivity contribution in [2.45, 2.75) is 83.5 Å². The molecule has 3 heteroatoms. The molecule has 1 aliphatic carbocycles. The van der Waals surface area contributed by atoms with Crippen molar-refractivity contribution < 1.29 is 0 Å². The number of hydrogen-bond donors (Lipinski definition) is 0. The Kier molecular flexibility index (Phi) is 17.1. The highest BCUT2D eigenvalue weighted by Crippen LogP contribution is 2.56. The fourth-order valence-electron chi connectivity index (χ4n) is 11.9. The van der Waals surface area contributed by atoms with E-state index in [2.05, 4.69) is 314 Å². The third-order valence-electron chi connectivity index (χ3n) is 16.0. The number of nitrogens with zero attached hydrogens (tertiary/aromatic N) is 3. The first-order chi connectivity index (χ1) is 39.6. The van der Waals surface area contributed by atoms with Gasteiger partial charge in [-0.05, 0) is 167 Å². The van der Waals surface area contributed by atoms with Gasteiger partial charge in [-0.2, -0.15) is 0 Å². The predicted molar refractivity (Wildman–Crippen MR) is 345 cm³/mol. The topological polar surface area (TPSA) is 9.72 Å². The van der Waals surface area contributed by atoms with Crippen molar-refractivity contribution in [1.29, 1.82) is 0 Å². The Morgan fingerprint density at radius 1 is 0.263 bits per heavy atom. The number of para-hydroxylation sites is 4. The minimum atomic E-state index is -0.0163. The summed E-state index contributed by atoms with van der Waals surface area (Å²) in [6.45, 7) is 4.65. The molecule has 0 saturated heterocycles. The molecule has 10 aromatic rings. The second-order valence-corrected chi connectivity index (χ2v) is 21.4. The van der Waals surface area contributed by atoms with Gasteiger partial charge < -0.3 is 14.7 Å². The van der Waals surface area contributed by atoms with Crippen LogP contribution >= 0.6 is 0 Å². The van der Waals surface area contributed by atoms with Crippen LogP contribution < -0.4 is 14.7 Å². The molecule has 0 atom stereocenters. The smallest absolute Gasteiger partial charge is 0.0465 e. The van der Waals surface area contributed by atoms with Crippen LogP contribution in [0.1, 0.15) is 111 Å². The molecule has 0 radical (unpaired) electrons. The van der Waals surface area contributed by atoms with E-state index in [1.807, 2.05) is 0 Å². The van der Waals surface area contributed by atoms with Gasteiger partial charge in [0.05, 0.1) is 0 Å². The first-order valence-electron chi connectivity index (χ1n) is 29.2. The summed E-state index contributed by atoms with van der Waals surface area (Å²) in [7, 11) is 0. The predicted octanol–water partition coefficient (Wildman–Crippen LogP) is 22.6. The van der Waals surface area contributed by atoms with Crippen LogP contribution in [-0.4, -0.2) is 0 Å². The second-order valence-electron chi connectivity index (χ2n) is 21.4. The van der Waals surface area contributed by atoms with Crippen molar-refractivity contribution >= 4 is 75.5 Å². The fourth-order valence-corrected chi connectivity index (χ4v) is 11.9. The molecule has 0 N–H and O–H groups in total. The molecule has 0 bridgehead atoms. The maximum absolute atomic E-state index is 2.57. The van der Waals surface area contributed by atoms with Crippen LogP contribution in [0.15, 0.2) is 261 Å². The number of benzene rings is 10. The lowest BCUT2D eigenvalue weighted by Gasteiger charge is -2.34. The summed E-state index contributed by atoms with van der Waals surface area (Å²) < 4.78 is 0. The maximum Gasteiger partial charge on any atom is 0.0465 e. The Balaban J connectivity index is 0.902. The van der Waals surface area contributed by atoms with Crippen LogP contribution in [-0.2, 0) is 5.41 Å². The number of fused-ring (bicyclic) bond motifs is 3. The molecular weight excluding hydrogens is 967 g/mol. The van der Waals surface area contributed by atoms with Crippen molar-refractivity contribution in [3.05, 3.63) is 294 Å². The molecule has 0 aliphatic heterocycles. The molecule has 10 aromatic carbocycles. The number of anilines is 9. The highest BCUT2D eigenvalue weighted by molar-refractivity contribution is 5.87. The zero-order chi connectivity index (χ0) is 54.4. The van der Waals surface area contributed by atoms with E-state index < -0.39 is 0 Å². The average molecular weight is 1040 g/mol. The molecule has 0 amide bonds. The molecule has 0 heterocycles. The quantitative estimate of drug-likeness (QED) is 0.0467. The van der Waals surface area contributed by atoms with Crippen LogP contribution in [0.5, 0.6) is 0 Å². The Morgan fingerprint density at radius 2 is 0.550 bits per heavy atom. The van der Waals surface area contributed by atoms with E-state index in [-0.39, 0.29) is 5.41 Å². The van der Waals surface area contributed by atoms with E-state index in [0.29, 0.717) is 0 Å². The second kappa shape index (κ2) is 25.7. The van der Waals surface area contributed by atoms with E-state index in [1.165, 1.54) is 92.1 Å². The van der Waals surface area contributed by atoms with Crippen LogP contribution in [0.25, 0.3) is 35.4 Å². The molecule has 0 unspecified atom stereocenters. The normalized spacial score (nSPS) is 12.4. The van der Waals surface area contributed by atoms with Gasteiger partial charge in [0.25, 0.3) is 0 Å². The standard InChI is InChI=1S/C77H73N3/c1-3-5-7-23-57-77(58-24-8-6-4-2)75-34-22-21-33-73(75)74-56-55-72(59-76(74)77)80(70-51-43-62(44-52-70)37-35-60-39-47-68(48-40-60)78(64-25-13-9-14-26-64)65-27-15-10-16-28-65)71-53-45-63(46-54-71)38-36-61-41-49-69(50-42-61)79(66-29-17-11-18-30-66)67-31-19-12-20-32-67/h9-22,25-56,59H,3-8,23-24,57-58H2,1-2H3. The van der Waals surface area contributed by atoms with Crippen molar-refractivity contribution in [2.75, 3.05) is 14.7 Å². The lowest BCUT2D eigenvalue weighted by molar-refractivity contribution is 0.401. The summed E-state index contributed by atoms with van der Waals surface area (Å²) in [6.07, 6.45) is 21.3. The van der Waals surface area contributed by atoms with E-state index in [0.717, 1.165) is 67.8 Å². The summed E-state index contributed by atoms with van der Waals surface area (Å²) in [4.78, 5) is 7.07. The highest BCUT2D eigenvalue weighted by Gasteiger charge is 2.42. The summed E-state index contributed by atoms with van der Waals surface area (Å²) in [6, 6.07) is 94.9. The molecule has 11 rings (SSSR count). The van der Waals surface area contributed by atoms with Crippen LogP contribution in [0.2, 0.25) is 0 Å². The number of hydrogen-bond acceptors (Lipinski definition) is 3. The summed E-state index contributed by atoms with van der Waals surface area (Å²) >= 11 is 0. The lowest BCUT2D eigenvalue weighted by Crippen LogP contribution is -2.26. The van der Waals surface area contributed by atoms with Gasteiger partial charge in [-0.1, -0.05) is 241 Å². The average Bonchev–Trinajstić information content (AvgIpc) is 3.89. The van der Waals surface area contributed by atoms with Crippen LogP contribution in [0.3, 0.4) is 0 Å². The monoisotopic (exact) mass is 1040 g/mol. The van der Waals surface area contributed by atoms with Gasteiger partial charge in [-0.25, -0.2) is 0 Å². The summed E-state index contributed by atoms with van der Waals surface area (Å²) in [5.41, 5.74) is 20.6. The first kappa shape index (κ1) is 53.1. The number of unbranched alkanes of at least 4 members (excludes halogenated alkanes) is 6. The van der Waals surface area contributed by atoms with E-state index in [1.54, 1.807) is 0 Å². The molecule has 0 fully saturated rings. The van der Waals surface area contributed by atoms with Gasteiger partial charge in [-0.15, -0.1) is 0 Å². The largest absolute Gasteiger partial charge is 0.311 e. The molecule has 1 aliphatic rings. The van der Waals surface area contributed by atoms with Gasteiger partial charge >= 0.3 is 0 Å². The SMILES string of the molecule is CCCCCCC1(CCCCCC)c2ccccc2-c2ccc(N(c3ccc(C=Cc4ccc(N(c5ccccc5)c5ccccc5)cc4)cc3)c3ccc(C=Cc4ccc(N(c5ccccc5)c5ccccc5)cc4)cc3)cc21. The molecule has 0 spiro atoms. The summed E-state index contributed by atoms with van der Waals surface area (Å²) in [5.74, 6) is 0. The third kappa shape index (κ3) is 12.0. The lowest BCUT2D eigenvalue weighted by atomic mass is 9.70. The van der Waals surface area contributed by atoms with Crippen molar-refractivity contribution in [1.82, 2.24) is 0 Å². The molecule has 3 nitrogen and oxygen atoms in total. The van der Waals surface area contributed by atoms with Gasteiger partial charge in [0.15, 0.2) is 0 Å². The molecule has 80 heavy (non-hydrogen) atoms. The van der Waals surface area contributed by atoms with E-state index in [4.69, 9.17) is 0 Å². The minimum Gasteiger partial charge on any atom is -0.311 e. The van der Waals surface area contributed by atoms with Gasteiger partial charge in [0.2, 0.25) is 0 Å². The van der Waals surface area contributed by atoms with Gasteiger partial charge in [0.1, 0.15) is 0 Å². The summed E-state index contributed by atoms with van der Waals surface area (Å²) in [5, 5.41) is 0. The van der Waals surface area contributed by atoms with Crippen LogP contribution in [0.4, 0.5) is 51.2 Å². The zero-order valence-corrected chi connectivity index (χ0v) is 46.5. The third-order valence-corrected chi connectivity index (χ3v) is 16.0. The van der Waals surface area contributed by atoms with E-state index >= 15 is 0 Å². The number of rotatable bonds is 23. The minimum absolute atomic E-state index is 0.0163. The zero-order valence-electron chi connectivity index (χ0n) is 46.5. The molecule has 0 aromatic heterocycles. The first-order valence-corrected chi connectivity index (χ1v) is 29.2. The van der Waals surface area contributed by atoms with Gasteiger partial charge in [0, 0.05) is 56.6 Å². The Hall–Kier alpha value is -8.92. The Bertz CT molecular complexity index is 3320. The van der Waals surface area contributed by atoms with Crippen molar-refractivity contribution in [3.8, 4) is 11.1 Å². The molecular formula is C77H73N3. The van der Waals surface area contributed by atoms with Crippen molar-refractivity contribution in [2.24, 2.45) is 0 Å². The Labute approximate surface area is 476 Å². The highest BCUT2D eigenvalue weighted by atomic mass is 15.2. The van der Waals surface area contributed by atoms with Crippen LogP contribution in [0, 0.1) is 0 Å². The molecule has 0 saturated carbocycles. The molecule has 396 valence electrons. The van der Waals surface area contributed by atoms with E-state index in [9.17, 15) is 0 Å². The van der Waals surface area contributed by atoms with Gasteiger partial charge in [-0.3, -0.25) is 0 Å². The fraction of sp³-hybridized carbons (Fsp3) is 0.169.